The Morgan fingerprint density at radius 1 is 1.06 bits per heavy atom. The summed E-state index contributed by atoms with van der Waals surface area (Å²) >= 11 is 5.41. The number of aryl methyl sites for hydroxylation is 1. The molecule has 1 N–H and O–H groups in total. The molecule has 3 heteroatoms. The summed E-state index contributed by atoms with van der Waals surface area (Å²) in [6, 6.07) is 15.1. The third-order valence-corrected chi connectivity index (χ3v) is 4.38. The van der Waals surface area contributed by atoms with E-state index in [0.29, 0.717) is 0 Å². The van der Waals surface area contributed by atoms with Crippen LogP contribution in [-0.4, -0.2) is 7.05 Å². The number of benzene rings is 2. The van der Waals surface area contributed by atoms with Crippen molar-refractivity contribution in [1.82, 2.24) is 5.32 Å². The Bertz CT molecular complexity index is 523. The minimum absolute atomic E-state index is 0.885. The minimum atomic E-state index is 0.885. The van der Waals surface area contributed by atoms with Crippen LogP contribution in [-0.2, 0) is 6.54 Å². The van der Waals surface area contributed by atoms with Crippen LogP contribution in [0.25, 0.3) is 0 Å². The van der Waals surface area contributed by atoms with Gasteiger partial charge in [-0.05, 0) is 43.8 Å². The quantitative estimate of drug-likeness (QED) is 0.881. The van der Waals surface area contributed by atoms with Crippen molar-refractivity contribution in [3.63, 3.8) is 0 Å². The molecule has 2 aromatic carbocycles. The highest BCUT2D eigenvalue weighted by Gasteiger charge is 2.02. The van der Waals surface area contributed by atoms with Crippen LogP contribution in [0.15, 0.2) is 56.7 Å². The SMILES string of the molecule is CNCc1ccc(Sc2ccc(C)cc2)cc1Br. The van der Waals surface area contributed by atoms with E-state index >= 15 is 0 Å². The lowest BCUT2D eigenvalue weighted by Gasteiger charge is -2.07. The Labute approximate surface area is 121 Å². The predicted octanol–water partition coefficient (Wildman–Crippen LogP) is 4.63. The Hall–Kier alpha value is -0.770. The van der Waals surface area contributed by atoms with Gasteiger partial charge >= 0.3 is 0 Å². The van der Waals surface area contributed by atoms with Gasteiger partial charge in [-0.2, -0.15) is 0 Å². The summed E-state index contributed by atoms with van der Waals surface area (Å²) in [5, 5.41) is 3.16. The van der Waals surface area contributed by atoms with Gasteiger partial charge in [-0.3, -0.25) is 0 Å². The van der Waals surface area contributed by atoms with E-state index in [0.717, 1.165) is 11.0 Å². The maximum atomic E-state index is 3.62. The molecule has 18 heavy (non-hydrogen) atoms. The molecule has 0 radical (unpaired) electrons. The minimum Gasteiger partial charge on any atom is -0.316 e. The zero-order valence-electron chi connectivity index (χ0n) is 10.5. The van der Waals surface area contributed by atoms with E-state index < -0.39 is 0 Å². The van der Waals surface area contributed by atoms with Crippen LogP contribution in [0.5, 0.6) is 0 Å². The first kappa shape index (κ1) is 13.7. The van der Waals surface area contributed by atoms with Gasteiger partial charge in [0.05, 0.1) is 0 Å². The van der Waals surface area contributed by atoms with Crippen LogP contribution in [0.2, 0.25) is 0 Å². The van der Waals surface area contributed by atoms with E-state index in [9.17, 15) is 0 Å². The van der Waals surface area contributed by atoms with Crippen molar-refractivity contribution >= 4 is 27.7 Å². The highest BCUT2D eigenvalue weighted by Crippen LogP contribution is 2.31. The van der Waals surface area contributed by atoms with Crippen molar-refractivity contribution in [1.29, 1.82) is 0 Å². The van der Waals surface area contributed by atoms with Crippen LogP contribution in [0.4, 0.5) is 0 Å². The summed E-state index contributed by atoms with van der Waals surface area (Å²) in [7, 11) is 1.96. The Morgan fingerprint density at radius 3 is 2.33 bits per heavy atom. The van der Waals surface area contributed by atoms with Crippen LogP contribution in [0.1, 0.15) is 11.1 Å². The standard InChI is InChI=1S/C15H16BrNS/c1-11-3-6-13(7-4-11)18-14-8-5-12(10-17-2)15(16)9-14/h3-9,17H,10H2,1-2H3. The molecule has 0 bridgehead atoms. The van der Waals surface area contributed by atoms with E-state index in [-0.39, 0.29) is 0 Å². The molecule has 2 aromatic rings. The van der Waals surface area contributed by atoms with Gasteiger partial charge in [-0.25, -0.2) is 0 Å². The molecule has 0 amide bonds. The third-order valence-electron chi connectivity index (χ3n) is 2.65. The number of halogens is 1. The molecule has 0 fully saturated rings. The fraction of sp³-hybridized carbons (Fsp3) is 0.200. The average molecular weight is 322 g/mol. The summed E-state index contributed by atoms with van der Waals surface area (Å²) in [5.41, 5.74) is 2.58. The summed E-state index contributed by atoms with van der Waals surface area (Å²) in [6.45, 7) is 2.99. The van der Waals surface area contributed by atoms with Gasteiger partial charge in [-0.15, -0.1) is 0 Å². The van der Waals surface area contributed by atoms with Crippen LogP contribution < -0.4 is 5.32 Å². The monoisotopic (exact) mass is 321 g/mol. The molecule has 0 saturated heterocycles. The molecule has 0 aliphatic carbocycles. The van der Waals surface area contributed by atoms with Crippen molar-refractivity contribution in [3.8, 4) is 0 Å². The van der Waals surface area contributed by atoms with Crippen molar-refractivity contribution in [2.75, 3.05) is 7.05 Å². The number of nitrogens with one attached hydrogen (secondary N) is 1. The molecule has 0 spiro atoms. The second-order valence-corrected chi connectivity index (χ2v) is 6.20. The van der Waals surface area contributed by atoms with Crippen molar-refractivity contribution < 1.29 is 0 Å². The molecule has 94 valence electrons. The highest BCUT2D eigenvalue weighted by atomic mass is 79.9. The molecule has 0 aliphatic rings. The van der Waals surface area contributed by atoms with Gasteiger partial charge < -0.3 is 5.32 Å². The summed E-state index contributed by atoms with van der Waals surface area (Å²) < 4.78 is 1.16. The fourth-order valence-corrected chi connectivity index (χ4v) is 3.20. The number of rotatable bonds is 4. The number of hydrogen-bond donors (Lipinski definition) is 1. The summed E-state index contributed by atoms with van der Waals surface area (Å²) in [5.74, 6) is 0. The lowest BCUT2D eigenvalue weighted by atomic mass is 10.2. The summed E-state index contributed by atoms with van der Waals surface area (Å²) in [4.78, 5) is 2.53. The van der Waals surface area contributed by atoms with Crippen LogP contribution in [0, 0.1) is 6.92 Å². The molecular weight excluding hydrogens is 306 g/mol. The van der Waals surface area contributed by atoms with E-state index in [4.69, 9.17) is 0 Å². The van der Waals surface area contributed by atoms with E-state index in [1.54, 1.807) is 11.8 Å². The van der Waals surface area contributed by atoms with E-state index in [1.165, 1.54) is 20.9 Å². The third kappa shape index (κ3) is 3.61. The van der Waals surface area contributed by atoms with Gasteiger partial charge in [-0.1, -0.05) is 51.5 Å². The van der Waals surface area contributed by atoms with Crippen LogP contribution >= 0.6 is 27.7 Å². The maximum absolute atomic E-state index is 3.62. The molecule has 0 unspecified atom stereocenters. The zero-order valence-corrected chi connectivity index (χ0v) is 12.9. The van der Waals surface area contributed by atoms with Gasteiger partial charge in [0.25, 0.3) is 0 Å². The molecule has 0 atom stereocenters. The smallest absolute Gasteiger partial charge is 0.0231 e. The van der Waals surface area contributed by atoms with E-state index in [2.05, 4.69) is 70.6 Å². The van der Waals surface area contributed by atoms with Crippen molar-refractivity contribution in [2.24, 2.45) is 0 Å². The Morgan fingerprint density at radius 2 is 1.72 bits per heavy atom. The molecule has 0 saturated carbocycles. The fourth-order valence-electron chi connectivity index (χ4n) is 1.67. The van der Waals surface area contributed by atoms with Gasteiger partial charge in [0, 0.05) is 20.8 Å². The van der Waals surface area contributed by atoms with Gasteiger partial charge in [0.1, 0.15) is 0 Å². The molecular formula is C15H16BrNS. The normalized spacial score (nSPS) is 10.6. The zero-order chi connectivity index (χ0) is 13.0. The Kier molecular flexibility index (Phi) is 4.87. The highest BCUT2D eigenvalue weighted by molar-refractivity contribution is 9.10. The lowest BCUT2D eigenvalue weighted by Crippen LogP contribution is -2.05. The first-order valence-corrected chi connectivity index (χ1v) is 7.47. The van der Waals surface area contributed by atoms with Gasteiger partial charge in [0.2, 0.25) is 0 Å². The Balaban J connectivity index is 2.14. The van der Waals surface area contributed by atoms with Crippen molar-refractivity contribution in [2.45, 2.75) is 23.3 Å². The first-order valence-electron chi connectivity index (χ1n) is 5.86. The van der Waals surface area contributed by atoms with Gasteiger partial charge in [0.15, 0.2) is 0 Å². The van der Waals surface area contributed by atoms with Crippen LogP contribution in [0.3, 0.4) is 0 Å². The summed E-state index contributed by atoms with van der Waals surface area (Å²) in [6.07, 6.45) is 0. The molecule has 2 rings (SSSR count). The lowest BCUT2D eigenvalue weighted by molar-refractivity contribution is 0.813. The molecule has 0 heterocycles. The maximum Gasteiger partial charge on any atom is 0.0231 e. The second-order valence-electron chi connectivity index (χ2n) is 4.20. The number of hydrogen-bond acceptors (Lipinski definition) is 2. The first-order chi connectivity index (χ1) is 8.69. The molecule has 0 aromatic heterocycles. The molecule has 1 nitrogen and oxygen atoms in total. The molecule has 0 aliphatic heterocycles. The topological polar surface area (TPSA) is 12.0 Å². The largest absolute Gasteiger partial charge is 0.316 e. The second kappa shape index (κ2) is 6.41. The van der Waals surface area contributed by atoms with E-state index in [1.807, 2.05) is 7.05 Å². The average Bonchev–Trinajstić information content (AvgIpc) is 2.36. The van der Waals surface area contributed by atoms with Crippen molar-refractivity contribution in [3.05, 3.63) is 58.1 Å². The predicted molar refractivity (Wildman–Crippen MR) is 82.2 cm³/mol.